The maximum Gasteiger partial charge on any atom is 0.221 e. The van der Waals surface area contributed by atoms with Crippen LogP contribution in [0.25, 0.3) is 11.1 Å². The molecule has 2 rings (SSSR count). The van der Waals surface area contributed by atoms with E-state index < -0.39 is 0 Å². The van der Waals surface area contributed by atoms with Crippen LogP contribution in [0.2, 0.25) is 15.1 Å². The summed E-state index contributed by atoms with van der Waals surface area (Å²) >= 11 is 18.0. The first-order valence-electron chi connectivity index (χ1n) is 4.97. The molecule has 0 aliphatic carbocycles. The molecule has 0 fully saturated rings. The number of nitrogen functional groups attached to an aromatic ring is 1. The second-order valence-corrected chi connectivity index (χ2v) is 4.79. The lowest BCUT2D eigenvalue weighted by Gasteiger charge is -2.11. The molecule has 1 aromatic carbocycles. The summed E-state index contributed by atoms with van der Waals surface area (Å²) in [5, 5.41) is 1.25. The number of aromatic nitrogens is 1. The van der Waals surface area contributed by atoms with Crippen molar-refractivity contribution in [3.63, 3.8) is 0 Å². The highest BCUT2D eigenvalue weighted by Crippen LogP contribution is 2.39. The Hall–Kier alpha value is -1.16. The van der Waals surface area contributed by atoms with Gasteiger partial charge in [-0.05, 0) is 18.2 Å². The molecule has 0 unspecified atom stereocenters. The highest BCUT2D eigenvalue weighted by Gasteiger charge is 2.13. The molecule has 3 nitrogen and oxygen atoms in total. The van der Waals surface area contributed by atoms with E-state index in [-0.39, 0.29) is 0 Å². The van der Waals surface area contributed by atoms with Gasteiger partial charge in [-0.2, -0.15) is 0 Å². The Morgan fingerprint density at radius 3 is 2.33 bits per heavy atom. The number of halogens is 3. The van der Waals surface area contributed by atoms with E-state index in [0.29, 0.717) is 37.8 Å². The Kier molecular flexibility index (Phi) is 3.85. The number of anilines is 1. The van der Waals surface area contributed by atoms with Crippen molar-refractivity contribution >= 4 is 40.5 Å². The lowest BCUT2D eigenvalue weighted by Crippen LogP contribution is -1.95. The highest BCUT2D eigenvalue weighted by molar-refractivity contribution is 6.44. The van der Waals surface area contributed by atoms with E-state index in [1.54, 1.807) is 18.2 Å². The van der Waals surface area contributed by atoms with Gasteiger partial charge in [-0.25, -0.2) is 4.98 Å². The summed E-state index contributed by atoms with van der Waals surface area (Å²) in [6.45, 7) is 0. The molecule has 0 saturated carbocycles. The predicted octanol–water partition coefficient (Wildman–Crippen LogP) is 4.30. The van der Waals surface area contributed by atoms with Gasteiger partial charge >= 0.3 is 0 Å². The second-order valence-electron chi connectivity index (χ2n) is 3.57. The standard InChI is InChI=1S/C12H9Cl3N2O/c1-18-12-8(2-6(16)5-17-12)7-3-10(14)11(15)4-9(7)13/h2-5H,16H2,1H3. The van der Waals surface area contributed by atoms with Crippen molar-refractivity contribution in [2.75, 3.05) is 12.8 Å². The molecule has 2 N–H and O–H groups in total. The van der Waals surface area contributed by atoms with Crippen molar-refractivity contribution in [2.24, 2.45) is 0 Å². The molecule has 1 heterocycles. The summed E-state index contributed by atoms with van der Waals surface area (Å²) in [5.74, 6) is 0.421. The van der Waals surface area contributed by atoms with Gasteiger partial charge in [0.15, 0.2) is 0 Å². The van der Waals surface area contributed by atoms with Crippen molar-refractivity contribution in [3.05, 3.63) is 39.5 Å². The average Bonchev–Trinajstić information content (AvgIpc) is 2.34. The molecule has 6 heteroatoms. The SMILES string of the molecule is COc1ncc(N)cc1-c1cc(Cl)c(Cl)cc1Cl. The van der Waals surface area contributed by atoms with Crippen LogP contribution in [0.15, 0.2) is 24.4 Å². The van der Waals surface area contributed by atoms with Crippen molar-refractivity contribution in [2.45, 2.75) is 0 Å². The summed E-state index contributed by atoms with van der Waals surface area (Å²) in [6, 6.07) is 4.95. The fraction of sp³-hybridized carbons (Fsp3) is 0.0833. The maximum absolute atomic E-state index is 6.15. The number of ether oxygens (including phenoxy) is 1. The number of benzene rings is 1. The van der Waals surface area contributed by atoms with Gasteiger partial charge in [0.25, 0.3) is 0 Å². The van der Waals surface area contributed by atoms with E-state index >= 15 is 0 Å². The van der Waals surface area contributed by atoms with Crippen LogP contribution < -0.4 is 10.5 Å². The first kappa shape index (κ1) is 13.3. The lowest BCUT2D eigenvalue weighted by atomic mass is 10.1. The van der Waals surface area contributed by atoms with Crippen LogP contribution >= 0.6 is 34.8 Å². The summed E-state index contributed by atoms with van der Waals surface area (Å²) in [4.78, 5) is 4.08. The van der Waals surface area contributed by atoms with Crippen LogP contribution in [0.5, 0.6) is 5.88 Å². The van der Waals surface area contributed by atoms with Gasteiger partial charge in [0.05, 0.1) is 34.1 Å². The summed E-state index contributed by atoms with van der Waals surface area (Å²) in [5.41, 5.74) is 7.56. The fourth-order valence-electron chi connectivity index (χ4n) is 1.55. The van der Waals surface area contributed by atoms with Gasteiger partial charge in [-0.3, -0.25) is 0 Å². The average molecular weight is 304 g/mol. The van der Waals surface area contributed by atoms with Crippen molar-refractivity contribution in [1.29, 1.82) is 0 Å². The number of nitrogens with zero attached hydrogens (tertiary/aromatic N) is 1. The first-order chi connectivity index (χ1) is 8.52. The van der Waals surface area contributed by atoms with Crippen molar-refractivity contribution < 1.29 is 4.74 Å². The van der Waals surface area contributed by atoms with Gasteiger partial charge in [0.1, 0.15) is 0 Å². The molecular weight excluding hydrogens is 295 g/mol. The van der Waals surface area contributed by atoms with Crippen LogP contribution in [-0.2, 0) is 0 Å². The third-order valence-corrected chi connectivity index (χ3v) is 3.40. The predicted molar refractivity (Wildman–Crippen MR) is 75.7 cm³/mol. The van der Waals surface area contributed by atoms with Crippen LogP contribution in [-0.4, -0.2) is 12.1 Å². The van der Waals surface area contributed by atoms with Crippen LogP contribution in [0, 0.1) is 0 Å². The fourth-order valence-corrected chi connectivity index (χ4v) is 2.20. The Morgan fingerprint density at radius 1 is 1.00 bits per heavy atom. The molecule has 0 aliphatic rings. The lowest BCUT2D eigenvalue weighted by molar-refractivity contribution is 0.400. The zero-order valence-electron chi connectivity index (χ0n) is 9.38. The summed E-state index contributed by atoms with van der Waals surface area (Å²) < 4.78 is 5.18. The topological polar surface area (TPSA) is 48.1 Å². The van der Waals surface area contributed by atoms with E-state index in [0.717, 1.165) is 0 Å². The second kappa shape index (κ2) is 5.22. The first-order valence-corrected chi connectivity index (χ1v) is 6.10. The van der Waals surface area contributed by atoms with Crippen molar-refractivity contribution in [1.82, 2.24) is 4.98 Å². The monoisotopic (exact) mass is 302 g/mol. The van der Waals surface area contributed by atoms with Crippen LogP contribution in [0.1, 0.15) is 0 Å². The van der Waals surface area contributed by atoms with Crippen LogP contribution in [0.4, 0.5) is 5.69 Å². The molecule has 0 radical (unpaired) electrons. The van der Waals surface area contributed by atoms with Gasteiger partial charge in [0, 0.05) is 11.1 Å². The molecule has 0 spiro atoms. The van der Waals surface area contributed by atoms with E-state index in [1.807, 2.05) is 0 Å². The zero-order chi connectivity index (χ0) is 13.3. The van der Waals surface area contributed by atoms with Gasteiger partial charge < -0.3 is 10.5 Å². The third kappa shape index (κ3) is 2.48. The van der Waals surface area contributed by atoms with Gasteiger partial charge in [-0.1, -0.05) is 34.8 Å². The van der Waals surface area contributed by atoms with E-state index in [9.17, 15) is 0 Å². The van der Waals surface area contributed by atoms with E-state index in [1.165, 1.54) is 13.3 Å². The minimum Gasteiger partial charge on any atom is -0.481 e. The molecular formula is C12H9Cl3N2O. The van der Waals surface area contributed by atoms with Crippen LogP contribution in [0.3, 0.4) is 0 Å². The molecule has 18 heavy (non-hydrogen) atoms. The molecule has 1 aromatic heterocycles. The largest absolute Gasteiger partial charge is 0.481 e. The molecule has 0 saturated heterocycles. The normalized spacial score (nSPS) is 10.4. The number of nitrogens with two attached hydrogens (primary N) is 1. The quantitative estimate of drug-likeness (QED) is 0.841. The Morgan fingerprint density at radius 2 is 1.67 bits per heavy atom. The Balaban J connectivity index is 2.68. The Bertz CT molecular complexity index is 602. The molecule has 0 bridgehead atoms. The number of pyridine rings is 1. The highest BCUT2D eigenvalue weighted by atomic mass is 35.5. The van der Waals surface area contributed by atoms with E-state index in [4.69, 9.17) is 45.3 Å². The molecule has 0 amide bonds. The Labute approximate surface area is 119 Å². The molecule has 0 aliphatic heterocycles. The minimum absolute atomic E-state index is 0.390. The number of rotatable bonds is 2. The number of hydrogen-bond acceptors (Lipinski definition) is 3. The van der Waals surface area contributed by atoms with E-state index in [2.05, 4.69) is 4.98 Å². The van der Waals surface area contributed by atoms with Gasteiger partial charge in [0.2, 0.25) is 5.88 Å². The minimum atomic E-state index is 0.390. The number of methoxy groups -OCH3 is 1. The summed E-state index contributed by atoms with van der Waals surface area (Å²) in [7, 11) is 1.52. The number of hydrogen-bond donors (Lipinski definition) is 1. The molecule has 2 aromatic rings. The maximum atomic E-state index is 6.15. The van der Waals surface area contributed by atoms with Gasteiger partial charge in [-0.15, -0.1) is 0 Å². The third-order valence-electron chi connectivity index (χ3n) is 2.37. The molecule has 94 valence electrons. The summed E-state index contributed by atoms with van der Waals surface area (Å²) in [6.07, 6.45) is 1.51. The smallest absolute Gasteiger partial charge is 0.221 e. The molecule has 0 atom stereocenters. The zero-order valence-corrected chi connectivity index (χ0v) is 11.6. The van der Waals surface area contributed by atoms with Crippen molar-refractivity contribution in [3.8, 4) is 17.0 Å².